The van der Waals surface area contributed by atoms with Crippen LogP contribution in [0.15, 0.2) is 30.6 Å². The molecular weight excluding hydrogens is 250 g/mol. The predicted octanol–water partition coefficient (Wildman–Crippen LogP) is 2.63. The Morgan fingerprint density at radius 2 is 2.20 bits per heavy atom. The fourth-order valence-corrected chi connectivity index (χ4v) is 2.16. The molecule has 2 rings (SSSR count). The Labute approximate surface area is 120 Å². The van der Waals surface area contributed by atoms with E-state index >= 15 is 0 Å². The van der Waals surface area contributed by atoms with Crippen molar-refractivity contribution in [1.82, 2.24) is 14.9 Å². The summed E-state index contributed by atoms with van der Waals surface area (Å²) >= 11 is 0. The summed E-state index contributed by atoms with van der Waals surface area (Å²) in [5.74, 6) is 1.99. The van der Waals surface area contributed by atoms with Crippen molar-refractivity contribution in [3.05, 3.63) is 47.5 Å². The van der Waals surface area contributed by atoms with Crippen LogP contribution in [0.3, 0.4) is 0 Å². The van der Waals surface area contributed by atoms with Gasteiger partial charge in [0.05, 0.1) is 6.61 Å². The maximum atomic E-state index is 5.86. The number of hydrogen-bond acceptors (Lipinski definition) is 3. The predicted molar refractivity (Wildman–Crippen MR) is 81.1 cm³/mol. The van der Waals surface area contributed by atoms with Gasteiger partial charge in [0.25, 0.3) is 0 Å². The van der Waals surface area contributed by atoms with Crippen LogP contribution in [0.1, 0.15) is 29.9 Å². The maximum absolute atomic E-state index is 5.86. The summed E-state index contributed by atoms with van der Waals surface area (Å²) in [7, 11) is 3.97. The van der Waals surface area contributed by atoms with E-state index in [1.165, 1.54) is 11.1 Å². The van der Waals surface area contributed by atoms with Crippen LogP contribution in [0.2, 0.25) is 0 Å². The van der Waals surface area contributed by atoms with Gasteiger partial charge in [-0.3, -0.25) is 0 Å². The molecule has 0 saturated carbocycles. The van der Waals surface area contributed by atoms with Crippen LogP contribution in [-0.2, 0) is 13.5 Å². The highest BCUT2D eigenvalue weighted by Crippen LogP contribution is 2.22. The number of benzene rings is 1. The largest absolute Gasteiger partial charge is 0.493 e. The van der Waals surface area contributed by atoms with Gasteiger partial charge in [-0.15, -0.1) is 0 Å². The Morgan fingerprint density at radius 1 is 1.40 bits per heavy atom. The first-order valence-corrected chi connectivity index (χ1v) is 6.98. The third-order valence-corrected chi connectivity index (χ3v) is 3.64. The topological polar surface area (TPSA) is 39.1 Å². The molecule has 2 aromatic rings. The van der Waals surface area contributed by atoms with Crippen molar-refractivity contribution in [2.75, 3.05) is 13.7 Å². The summed E-state index contributed by atoms with van der Waals surface area (Å²) in [6, 6.07) is 6.70. The van der Waals surface area contributed by atoms with Gasteiger partial charge in [-0.1, -0.05) is 12.1 Å². The molecule has 108 valence electrons. The van der Waals surface area contributed by atoms with Gasteiger partial charge in [-0.2, -0.15) is 0 Å². The SMILES string of the molecule is CNC(C)c1ccc(OCCc2nccn2C)c(C)c1. The first kappa shape index (κ1) is 14.6. The number of aromatic nitrogens is 2. The second-order valence-corrected chi connectivity index (χ2v) is 5.09. The van der Waals surface area contributed by atoms with E-state index in [-0.39, 0.29) is 0 Å². The molecule has 0 aliphatic heterocycles. The molecule has 20 heavy (non-hydrogen) atoms. The minimum atomic E-state index is 0.357. The second kappa shape index (κ2) is 6.57. The van der Waals surface area contributed by atoms with E-state index in [0.717, 1.165) is 18.0 Å². The Bertz CT molecular complexity index is 563. The van der Waals surface area contributed by atoms with Crippen LogP contribution in [0.25, 0.3) is 0 Å². The Kier molecular flexibility index (Phi) is 4.79. The van der Waals surface area contributed by atoms with Gasteiger partial charge >= 0.3 is 0 Å². The average molecular weight is 273 g/mol. The zero-order valence-electron chi connectivity index (χ0n) is 12.7. The quantitative estimate of drug-likeness (QED) is 0.879. The third-order valence-electron chi connectivity index (χ3n) is 3.64. The van der Waals surface area contributed by atoms with Crippen molar-refractivity contribution in [3.63, 3.8) is 0 Å². The molecule has 1 aromatic carbocycles. The van der Waals surface area contributed by atoms with E-state index in [1.54, 1.807) is 0 Å². The van der Waals surface area contributed by atoms with Crippen molar-refractivity contribution in [1.29, 1.82) is 0 Å². The van der Waals surface area contributed by atoms with Crippen molar-refractivity contribution >= 4 is 0 Å². The lowest BCUT2D eigenvalue weighted by Crippen LogP contribution is -2.12. The van der Waals surface area contributed by atoms with Gasteiger partial charge in [0.15, 0.2) is 0 Å². The molecular formula is C16H23N3O. The number of rotatable bonds is 6. The molecule has 1 unspecified atom stereocenters. The van der Waals surface area contributed by atoms with Gasteiger partial charge < -0.3 is 14.6 Å². The first-order valence-electron chi connectivity index (χ1n) is 6.98. The van der Waals surface area contributed by atoms with Crippen LogP contribution >= 0.6 is 0 Å². The Morgan fingerprint density at radius 3 is 2.80 bits per heavy atom. The number of nitrogens with zero attached hydrogens (tertiary/aromatic N) is 2. The van der Waals surface area contributed by atoms with E-state index in [2.05, 4.69) is 42.3 Å². The zero-order chi connectivity index (χ0) is 14.5. The summed E-state index contributed by atoms with van der Waals surface area (Å²) in [6.45, 7) is 4.88. The van der Waals surface area contributed by atoms with Gasteiger partial charge in [-0.05, 0) is 38.1 Å². The lowest BCUT2D eigenvalue weighted by molar-refractivity contribution is 0.315. The molecule has 1 atom stereocenters. The minimum absolute atomic E-state index is 0.357. The number of ether oxygens (including phenoxy) is 1. The van der Waals surface area contributed by atoms with E-state index in [0.29, 0.717) is 12.6 Å². The molecule has 0 aliphatic rings. The fraction of sp³-hybridized carbons (Fsp3) is 0.438. The lowest BCUT2D eigenvalue weighted by Gasteiger charge is -2.14. The average Bonchev–Trinajstić information content (AvgIpc) is 2.85. The summed E-state index contributed by atoms with van der Waals surface area (Å²) < 4.78 is 7.88. The number of aryl methyl sites for hydroxylation is 2. The summed E-state index contributed by atoms with van der Waals surface area (Å²) in [4.78, 5) is 4.29. The maximum Gasteiger partial charge on any atom is 0.122 e. The van der Waals surface area contributed by atoms with Crippen LogP contribution in [0.5, 0.6) is 5.75 Å². The van der Waals surface area contributed by atoms with Crippen LogP contribution in [-0.4, -0.2) is 23.2 Å². The standard InChI is InChI=1S/C16H23N3O/c1-12-11-14(13(2)17-3)5-6-15(12)20-10-7-16-18-8-9-19(16)4/h5-6,8-9,11,13,17H,7,10H2,1-4H3. The molecule has 0 bridgehead atoms. The van der Waals surface area contributed by atoms with E-state index in [1.807, 2.05) is 31.1 Å². The van der Waals surface area contributed by atoms with Gasteiger partial charge in [0.2, 0.25) is 0 Å². The van der Waals surface area contributed by atoms with Crippen molar-refractivity contribution in [2.24, 2.45) is 7.05 Å². The van der Waals surface area contributed by atoms with E-state index in [9.17, 15) is 0 Å². The molecule has 0 radical (unpaired) electrons. The molecule has 0 aliphatic carbocycles. The van der Waals surface area contributed by atoms with Gasteiger partial charge in [0.1, 0.15) is 11.6 Å². The highest BCUT2D eigenvalue weighted by Gasteiger charge is 2.06. The third kappa shape index (κ3) is 3.39. The molecule has 1 heterocycles. The van der Waals surface area contributed by atoms with E-state index < -0.39 is 0 Å². The highest BCUT2D eigenvalue weighted by atomic mass is 16.5. The number of imidazole rings is 1. The second-order valence-electron chi connectivity index (χ2n) is 5.09. The van der Waals surface area contributed by atoms with Gasteiger partial charge in [-0.25, -0.2) is 4.98 Å². The van der Waals surface area contributed by atoms with Crippen LogP contribution < -0.4 is 10.1 Å². The molecule has 0 fully saturated rings. The monoisotopic (exact) mass is 273 g/mol. The first-order chi connectivity index (χ1) is 9.61. The normalized spacial score (nSPS) is 12.4. The Hall–Kier alpha value is -1.81. The molecule has 1 N–H and O–H groups in total. The molecule has 1 aromatic heterocycles. The molecule has 0 amide bonds. The summed E-state index contributed by atoms with van der Waals surface area (Å²) in [6.07, 6.45) is 4.58. The minimum Gasteiger partial charge on any atom is -0.493 e. The lowest BCUT2D eigenvalue weighted by atomic mass is 10.1. The molecule has 4 nitrogen and oxygen atoms in total. The molecule has 4 heteroatoms. The van der Waals surface area contributed by atoms with Gasteiger partial charge in [0, 0.05) is 31.9 Å². The fourth-order valence-electron chi connectivity index (χ4n) is 2.16. The molecule has 0 saturated heterocycles. The molecule has 0 spiro atoms. The van der Waals surface area contributed by atoms with Crippen molar-refractivity contribution < 1.29 is 4.74 Å². The van der Waals surface area contributed by atoms with E-state index in [4.69, 9.17) is 4.74 Å². The number of nitrogens with one attached hydrogen (secondary N) is 1. The summed E-state index contributed by atoms with van der Waals surface area (Å²) in [5.41, 5.74) is 2.45. The van der Waals surface area contributed by atoms with Crippen molar-refractivity contribution in [2.45, 2.75) is 26.3 Å². The summed E-state index contributed by atoms with van der Waals surface area (Å²) in [5, 5.41) is 3.24. The zero-order valence-corrected chi connectivity index (χ0v) is 12.7. The smallest absolute Gasteiger partial charge is 0.122 e. The van der Waals surface area contributed by atoms with Crippen LogP contribution in [0, 0.1) is 6.92 Å². The number of hydrogen-bond donors (Lipinski definition) is 1. The van der Waals surface area contributed by atoms with Crippen LogP contribution in [0.4, 0.5) is 0 Å². The Balaban J connectivity index is 1.95. The highest BCUT2D eigenvalue weighted by molar-refractivity contribution is 5.37. The van der Waals surface area contributed by atoms with Crippen molar-refractivity contribution in [3.8, 4) is 5.75 Å².